The molecule has 0 unspecified atom stereocenters. The predicted octanol–water partition coefficient (Wildman–Crippen LogP) is 2.42. The van der Waals surface area contributed by atoms with Crippen LogP contribution in [0.3, 0.4) is 0 Å². The molecule has 0 amide bonds. The monoisotopic (exact) mass is 302 g/mol. The third-order valence-electron chi connectivity index (χ3n) is 3.40. The zero-order valence-corrected chi connectivity index (χ0v) is 14.0. The Morgan fingerprint density at radius 1 is 1.32 bits per heavy atom. The van der Waals surface area contributed by atoms with Gasteiger partial charge in [0.05, 0.1) is 11.4 Å². The second-order valence-corrected chi connectivity index (χ2v) is 5.74. The third kappa shape index (κ3) is 4.53. The van der Waals surface area contributed by atoms with Crippen LogP contribution in [0.4, 0.5) is 5.95 Å². The van der Waals surface area contributed by atoms with Crippen LogP contribution in [-0.4, -0.2) is 51.8 Å². The maximum absolute atomic E-state index is 4.60. The van der Waals surface area contributed by atoms with Gasteiger partial charge in [-0.25, -0.2) is 9.97 Å². The van der Waals surface area contributed by atoms with Crippen LogP contribution >= 0.6 is 0 Å². The number of aromatic nitrogens is 4. The summed E-state index contributed by atoms with van der Waals surface area (Å²) in [6.07, 6.45) is 6.00. The van der Waals surface area contributed by atoms with Gasteiger partial charge >= 0.3 is 0 Å². The molecule has 0 bridgehead atoms. The molecule has 0 aliphatic rings. The molecule has 2 aromatic rings. The molecule has 0 atom stereocenters. The van der Waals surface area contributed by atoms with Gasteiger partial charge in [-0.2, -0.15) is 5.10 Å². The highest BCUT2D eigenvalue weighted by Gasteiger charge is 2.09. The smallest absolute Gasteiger partial charge is 0.223 e. The van der Waals surface area contributed by atoms with Crippen molar-refractivity contribution in [3.05, 3.63) is 24.2 Å². The van der Waals surface area contributed by atoms with Crippen molar-refractivity contribution in [1.29, 1.82) is 0 Å². The van der Waals surface area contributed by atoms with E-state index in [2.05, 4.69) is 52.5 Å². The predicted molar refractivity (Wildman–Crippen MR) is 89.9 cm³/mol. The van der Waals surface area contributed by atoms with Crippen LogP contribution in [0.15, 0.2) is 18.5 Å². The molecule has 0 spiro atoms. The van der Waals surface area contributed by atoms with E-state index in [0.29, 0.717) is 5.95 Å². The van der Waals surface area contributed by atoms with E-state index < -0.39 is 0 Å². The molecular formula is C16H26N6. The highest BCUT2D eigenvalue weighted by molar-refractivity contribution is 5.61. The van der Waals surface area contributed by atoms with Crippen LogP contribution in [0.25, 0.3) is 11.3 Å². The van der Waals surface area contributed by atoms with Crippen LogP contribution in [0.1, 0.15) is 25.5 Å². The van der Waals surface area contributed by atoms with Crippen molar-refractivity contribution in [3.8, 4) is 11.3 Å². The van der Waals surface area contributed by atoms with Crippen molar-refractivity contribution in [1.82, 2.24) is 24.6 Å². The van der Waals surface area contributed by atoms with E-state index in [4.69, 9.17) is 0 Å². The lowest BCUT2D eigenvalue weighted by Crippen LogP contribution is -2.17. The molecule has 6 nitrogen and oxygen atoms in total. The van der Waals surface area contributed by atoms with Gasteiger partial charge < -0.3 is 10.2 Å². The van der Waals surface area contributed by atoms with Gasteiger partial charge in [-0.1, -0.05) is 6.92 Å². The normalized spacial score (nSPS) is 11.1. The summed E-state index contributed by atoms with van der Waals surface area (Å²) in [5.41, 5.74) is 3.00. The van der Waals surface area contributed by atoms with Crippen molar-refractivity contribution in [3.63, 3.8) is 0 Å². The van der Waals surface area contributed by atoms with E-state index in [9.17, 15) is 0 Å². The second-order valence-electron chi connectivity index (χ2n) is 5.74. The number of hydrogen-bond donors (Lipinski definition) is 1. The lowest BCUT2D eigenvalue weighted by Gasteiger charge is -2.10. The Balaban J connectivity index is 2.04. The molecule has 0 radical (unpaired) electrons. The first-order valence-corrected chi connectivity index (χ1v) is 7.86. The molecule has 2 rings (SSSR count). The van der Waals surface area contributed by atoms with Gasteiger partial charge in [0.25, 0.3) is 0 Å². The lowest BCUT2D eigenvalue weighted by molar-refractivity contribution is 0.405. The molecule has 0 saturated heterocycles. The van der Waals surface area contributed by atoms with Gasteiger partial charge in [0, 0.05) is 31.0 Å². The number of rotatable bonds is 8. The van der Waals surface area contributed by atoms with Crippen LogP contribution in [0.5, 0.6) is 0 Å². The Morgan fingerprint density at radius 3 is 2.86 bits per heavy atom. The Bertz CT molecular complexity index is 590. The minimum Gasteiger partial charge on any atom is -0.354 e. The summed E-state index contributed by atoms with van der Waals surface area (Å²) in [7, 11) is 4.15. The summed E-state index contributed by atoms with van der Waals surface area (Å²) < 4.78 is 1.98. The van der Waals surface area contributed by atoms with Crippen molar-refractivity contribution in [2.75, 3.05) is 32.5 Å². The standard InChI is InChI=1S/C16H26N6/c1-5-10-22-12-14(13(2)20-22)15-7-9-18-16(19-15)17-8-6-11-21(3)4/h7,9,12H,5-6,8,10-11H2,1-4H3,(H,17,18,19). The lowest BCUT2D eigenvalue weighted by atomic mass is 10.2. The summed E-state index contributed by atoms with van der Waals surface area (Å²) in [6.45, 7) is 7.03. The fourth-order valence-electron chi connectivity index (χ4n) is 2.30. The Kier molecular flexibility index (Phi) is 5.89. The summed E-state index contributed by atoms with van der Waals surface area (Å²) in [4.78, 5) is 11.1. The van der Waals surface area contributed by atoms with E-state index in [1.54, 1.807) is 6.20 Å². The fourth-order valence-corrected chi connectivity index (χ4v) is 2.30. The topological polar surface area (TPSA) is 58.9 Å². The first-order valence-electron chi connectivity index (χ1n) is 7.86. The minimum atomic E-state index is 0.680. The average Bonchev–Trinajstić information content (AvgIpc) is 2.85. The van der Waals surface area contributed by atoms with Gasteiger partial charge in [-0.3, -0.25) is 4.68 Å². The van der Waals surface area contributed by atoms with E-state index in [-0.39, 0.29) is 0 Å². The van der Waals surface area contributed by atoms with E-state index in [1.165, 1.54) is 0 Å². The molecule has 0 fully saturated rings. The zero-order chi connectivity index (χ0) is 15.9. The summed E-state index contributed by atoms with van der Waals surface area (Å²) in [5, 5.41) is 7.82. The molecule has 2 aromatic heterocycles. The summed E-state index contributed by atoms with van der Waals surface area (Å²) in [6, 6.07) is 1.94. The first kappa shape index (κ1) is 16.4. The van der Waals surface area contributed by atoms with E-state index >= 15 is 0 Å². The van der Waals surface area contributed by atoms with Crippen LogP contribution < -0.4 is 5.32 Å². The molecule has 22 heavy (non-hydrogen) atoms. The molecule has 2 heterocycles. The Labute approximate surface area is 132 Å². The number of nitrogens with one attached hydrogen (secondary N) is 1. The molecule has 6 heteroatoms. The van der Waals surface area contributed by atoms with E-state index in [1.807, 2.05) is 17.7 Å². The van der Waals surface area contributed by atoms with Gasteiger partial charge in [0.15, 0.2) is 0 Å². The first-order chi connectivity index (χ1) is 10.6. The van der Waals surface area contributed by atoms with Crippen molar-refractivity contribution in [2.24, 2.45) is 0 Å². The number of nitrogens with zero attached hydrogens (tertiary/aromatic N) is 5. The van der Waals surface area contributed by atoms with Crippen molar-refractivity contribution >= 4 is 5.95 Å². The minimum absolute atomic E-state index is 0.680. The molecular weight excluding hydrogens is 276 g/mol. The molecule has 0 saturated carbocycles. The summed E-state index contributed by atoms with van der Waals surface area (Å²) in [5.74, 6) is 0.680. The number of anilines is 1. The zero-order valence-electron chi connectivity index (χ0n) is 14.0. The highest BCUT2D eigenvalue weighted by atomic mass is 15.3. The van der Waals surface area contributed by atoms with Gasteiger partial charge in [-0.15, -0.1) is 0 Å². The number of hydrogen-bond acceptors (Lipinski definition) is 5. The maximum Gasteiger partial charge on any atom is 0.223 e. The largest absolute Gasteiger partial charge is 0.354 e. The van der Waals surface area contributed by atoms with Gasteiger partial charge in [0.1, 0.15) is 0 Å². The Hall–Kier alpha value is -1.95. The SMILES string of the molecule is CCCn1cc(-c2ccnc(NCCCN(C)C)n2)c(C)n1. The van der Waals surface area contributed by atoms with E-state index in [0.717, 1.165) is 49.4 Å². The third-order valence-corrected chi connectivity index (χ3v) is 3.40. The highest BCUT2D eigenvalue weighted by Crippen LogP contribution is 2.21. The van der Waals surface area contributed by atoms with Crippen LogP contribution in [-0.2, 0) is 6.54 Å². The fraction of sp³-hybridized carbons (Fsp3) is 0.562. The van der Waals surface area contributed by atoms with Crippen molar-refractivity contribution in [2.45, 2.75) is 33.2 Å². The van der Waals surface area contributed by atoms with Gasteiger partial charge in [0.2, 0.25) is 5.95 Å². The quantitative estimate of drug-likeness (QED) is 0.759. The summed E-state index contributed by atoms with van der Waals surface area (Å²) >= 11 is 0. The van der Waals surface area contributed by atoms with Gasteiger partial charge in [-0.05, 0) is 46.5 Å². The Morgan fingerprint density at radius 2 is 2.14 bits per heavy atom. The van der Waals surface area contributed by atoms with Crippen molar-refractivity contribution < 1.29 is 0 Å². The average molecular weight is 302 g/mol. The molecule has 120 valence electrons. The molecule has 1 N–H and O–H groups in total. The maximum atomic E-state index is 4.60. The molecule has 0 aliphatic heterocycles. The molecule has 0 aromatic carbocycles. The van der Waals surface area contributed by atoms with Crippen LogP contribution in [0, 0.1) is 6.92 Å². The molecule has 0 aliphatic carbocycles. The second kappa shape index (κ2) is 7.89. The number of aryl methyl sites for hydroxylation is 2. The van der Waals surface area contributed by atoms with Crippen LogP contribution in [0.2, 0.25) is 0 Å².